The van der Waals surface area contributed by atoms with Crippen LogP contribution in [0, 0.1) is 0 Å². The largest absolute Gasteiger partial charge is 0.486 e. The molecule has 134 valence electrons. The van der Waals surface area contributed by atoms with Crippen LogP contribution in [0.2, 0.25) is 5.02 Å². The zero-order chi connectivity index (χ0) is 17.6. The van der Waals surface area contributed by atoms with E-state index in [9.17, 15) is 4.79 Å². The highest BCUT2D eigenvalue weighted by molar-refractivity contribution is 7.99. The summed E-state index contributed by atoms with van der Waals surface area (Å²) in [6.07, 6.45) is 3.38. The highest BCUT2D eigenvalue weighted by atomic mass is 35.5. The second kappa shape index (κ2) is 8.58. The van der Waals surface area contributed by atoms with Crippen LogP contribution in [0.1, 0.15) is 32.0 Å². The van der Waals surface area contributed by atoms with Crippen molar-refractivity contribution in [3.63, 3.8) is 0 Å². The quantitative estimate of drug-likeness (QED) is 0.776. The Hall–Kier alpha value is -1.73. The van der Waals surface area contributed by atoms with Crippen molar-refractivity contribution in [1.29, 1.82) is 0 Å². The summed E-state index contributed by atoms with van der Waals surface area (Å²) in [5, 5.41) is 8.20. The molecule has 1 aromatic carbocycles. The van der Waals surface area contributed by atoms with Crippen LogP contribution in [0.4, 0.5) is 0 Å². The fraction of sp³-hybridized carbons (Fsp3) is 0.471. The Labute approximate surface area is 156 Å². The molecule has 0 unspecified atom stereocenters. The minimum Gasteiger partial charge on any atom is -0.486 e. The lowest BCUT2D eigenvalue weighted by molar-refractivity contribution is -0.131. The van der Waals surface area contributed by atoms with Gasteiger partial charge >= 0.3 is 0 Å². The van der Waals surface area contributed by atoms with Crippen molar-refractivity contribution < 1.29 is 9.53 Å². The minimum absolute atomic E-state index is 0.154. The lowest BCUT2D eigenvalue weighted by Crippen LogP contribution is -2.42. The molecule has 1 aliphatic rings. The number of piperidine rings is 1. The zero-order valence-corrected chi connectivity index (χ0v) is 15.6. The first-order valence-corrected chi connectivity index (χ1v) is 9.70. The number of thioether (sulfide) groups is 1. The van der Waals surface area contributed by atoms with E-state index in [0.717, 1.165) is 19.4 Å². The van der Waals surface area contributed by atoms with Crippen LogP contribution >= 0.6 is 23.4 Å². The number of likely N-dealkylation sites (tertiary alicyclic amines) is 1. The molecule has 1 N–H and O–H groups in total. The topological polar surface area (TPSA) is 71.1 Å². The van der Waals surface area contributed by atoms with Crippen LogP contribution in [0.15, 0.2) is 29.4 Å². The SMILES string of the molecule is C[C@@H]1CCCCN1C(=O)CSc1n[nH]c(COc2ccc(Cl)cc2)n1. The number of hydrogen-bond donors (Lipinski definition) is 1. The molecule has 1 saturated heterocycles. The summed E-state index contributed by atoms with van der Waals surface area (Å²) < 4.78 is 5.62. The number of aromatic nitrogens is 3. The van der Waals surface area contributed by atoms with E-state index in [2.05, 4.69) is 22.1 Å². The third kappa shape index (κ3) is 5.12. The number of nitrogens with zero attached hydrogens (tertiary/aromatic N) is 3. The van der Waals surface area contributed by atoms with Gasteiger partial charge in [-0.1, -0.05) is 23.4 Å². The smallest absolute Gasteiger partial charge is 0.233 e. The average Bonchev–Trinajstić information content (AvgIpc) is 3.07. The fourth-order valence-electron chi connectivity index (χ4n) is 2.77. The first-order chi connectivity index (χ1) is 12.1. The average molecular weight is 381 g/mol. The lowest BCUT2D eigenvalue weighted by Gasteiger charge is -2.33. The third-order valence-electron chi connectivity index (χ3n) is 4.15. The Morgan fingerprint density at radius 2 is 2.20 bits per heavy atom. The van der Waals surface area contributed by atoms with Gasteiger partial charge in [0.1, 0.15) is 12.4 Å². The molecule has 8 heteroatoms. The van der Waals surface area contributed by atoms with Crippen molar-refractivity contribution in [2.75, 3.05) is 12.3 Å². The highest BCUT2D eigenvalue weighted by Crippen LogP contribution is 2.20. The number of amides is 1. The number of H-pyrrole nitrogens is 1. The van der Waals surface area contributed by atoms with E-state index < -0.39 is 0 Å². The molecular formula is C17H21ClN4O2S. The molecule has 1 amide bonds. The van der Waals surface area contributed by atoms with Crippen molar-refractivity contribution in [3.8, 4) is 5.75 Å². The zero-order valence-electron chi connectivity index (χ0n) is 14.1. The van der Waals surface area contributed by atoms with Crippen molar-refractivity contribution >= 4 is 29.3 Å². The number of rotatable bonds is 6. The summed E-state index contributed by atoms with van der Waals surface area (Å²) in [7, 11) is 0. The molecule has 1 aliphatic heterocycles. The summed E-state index contributed by atoms with van der Waals surface area (Å²) in [6, 6.07) is 7.47. The van der Waals surface area contributed by atoms with E-state index in [-0.39, 0.29) is 12.5 Å². The molecule has 6 nitrogen and oxygen atoms in total. The second-order valence-electron chi connectivity index (χ2n) is 6.03. The Bertz CT molecular complexity index is 707. The van der Waals surface area contributed by atoms with Crippen LogP contribution < -0.4 is 4.74 Å². The van der Waals surface area contributed by atoms with E-state index >= 15 is 0 Å². The summed E-state index contributed by atoms with van der Waals surface area (Å²) in [4.78, 5) is 18.7. The van der Waals surface area contributed by atoms with E-state index in [4.69, 9.17) is 16.3 Å². The molecule has 0 radical (unpaired) electrons. The second-order valence-corrected chi connectivity index (χ2v) is 7.41. The molecule has 0 spiro atoms. The predicted octanol–water partition coefficient (Wildman–Crippen LogP) is 3.53. The number of carbonyl (C=O) groups is 1. The maximum atomic E-state index is 12.3. The number of hydrogen-bond acceptors (Lipinski definition) is 5. The van der Waals surface area contributed by atoms with Crippen LogP contribution in [-0.4, -0.2) is 44.3 Å². The van der Waals surface area contributed by atoms with Crippen molar-refractivity contribution in [2.24, 2.45) is 0 Å². The van der Waals surface area contributed by atoms with Crippen LogP contribution in [0.5, 0.6) is 5.75 Å². The number of ether oxygens (including phenoxy) is 1. The van der Waals surface area contributed by atoms with Crippen LogP contribution in [0.25, 0.3) is 0 Å². The Balaban J connectivity index is 1.46. The van der Waals surface area contributed by atoms with Gasteiger partial charge in [-0.3, -0.25) is 9.89 Å². The van der Waals surface area contributed by atoms with Gasteiger partial charge in [0.05, 0.1) is 5.75 Å². The van der Waals surface area contributed by atoms with Crippen molar-refractivity contribution in [1.82, 2.24) is 20.1 Å². The van der Waals surface area contributed by atoms with Gasteiger partial charge < -0.3 is 9.64 Å². The third-order valence-corrected chi connectivity index (χ3v) is 5.23. The monoisotopic (exact) mass is 380 g/mol. The molecular weight excluding hydrogens is 360 g/mol. The number of halogens is 1. The molecule has 25 heavy (non-hydrogen) atoms. The molecule has 0 aliphatic carbocycles. The maximum absolute atomic E-state index is 12.3. The Morgan fingerprint density at radius 1 is 1.40 bits per heavy atom. The van der Waals surface area contributed by atoms with Gasteiger partial charge in [0.25, 0.3) is 0 Å². The van der Waals surface area contributed by atoms with E-state index in [1.165, 1.54) is 18.2 Å². The van der Waals surface area contributed by atoms with Gasteiger partial charge in [-0.2, -0.15) is 0 Å². The van der Waals surface area contributed by atoms with Crippen LogP contribution in [-0.2, 0) is 11.4 Å². The van der Waals surface area contributed by atoms with Gasteiger partial charge in [-0.25, -0.2) is 4.98 Å². The molecule has 0 bridgehead atoms. The number of aromatic amines is 1. The molecule has 3 rings (SSSR count). The van der Waals surface area contributed by atoms with Crippen LogP contribution in [0.3, 0.4) is 0 Å². The molecule has 1 fully saturated rings. The highest BCUT2D eigenvalue weighted by Gasteiger charge is 2.23. The summed E-state index contributed by atoms with van der Waals surface area (Å²) >= 11 is 7.19. The first kappa shape index (κ1) is 18.1. The standard InChI is InChI=1S/C17H21ClN4O2S/c1-12-4-2-3-9-22(12)16(23)11-25-17-19-15(20-21-17)10-24-14-7-5-13(18)6-8-14/h5-8,12H,2-4,9-11H2,1H3,(H,19,20,21)/t12-/m1/s1. The van der Waals surface area contributed by atoms with Crippen molar-refractivity contribution in [2.45, 2.75) is 44.0 Å². The molecule has 1 aromatic heterocycles. The van der Waals surface area contributed by atoms with E-state index in [0.29, 0.717) is 33.5 Å². The van der Waals surface area contributed by atoms with Crippen molar-refractivity contribution in [3.05, 3.63) is 35.1 Å². The van der Waals surface area contributed by atoms with Gasteiger partial charge in [-0.05, 0) is 50.5 Å². The lowest BCUT2D eigenvalue weighted by atomic mass is 10.0. The minimum atomic E-state index is 0.154. The fourth-order valence-corrected chi connectivity index (χ4v) is 3.60. The molecule has 2 heterocycles. The maximum Gasteiger partial charge on any atom is 0.233 e. The molecule has 1 atom stereocenters. The summed E-state index contributed by atoms with van der Waals surface area (Å²) in [6.45, 7) is 3.25. The van der Waals surface area contributed by atoms with Gasteiger partial charge in [0.2, 0.25) is 11.1 Å². The number of carbonyl (C=O) groups excluding carboxylic acids is 1. The van der Waals surface area contributed by atoms with E-state index in [1.54, 1.807) is 24.3 Å². The van der Waals surface area contributed by atoms with Gasteiger partial charge in [-0.15, -0.1) is 5.10 Å². The predicted molar refractivity (Wildman–Crippen MR) is 97.9 cm³/mol. The normalized spacial score (nSPS) is 17.5. The number of nitrogens with one attached hydrogen (secondary N) is 1. The van der Waals surface area contributed by atoms with E-state index in [1.807, 2.05) is 4.90 Å². The Morgan fingerprint density at radius 3 is 2.96 bits per heavy atom. The first-order valence-electron chi connectivity index (χ1n) is 8.34. The molecule has 2 aromatic rings. The Kier molecular flexibility index (Phi) is 6.20. The summed E-state index contributed by atoms with van der Waals surface area (Å²) in [5.41, 5.74) is 0. The van der Waals surface area contributed by atoms with Gasteiger partial charge in [0, 0.05) is 17.6 Å². The summed E-state index contributed by atoms with van der Waals surface area (Å²) in [5.74, 6) is 1.85. The van der Waals surface area contributed by atoms with Gasteiger partial charge in [0.15, 0.2) is 5.82 Å². The molecule has 0 saturated carbocycles. The number of benzene rings is 1.